The number of nitrogens with one attached hydrogen (secondary N) is 1. The van der Waals surface area contributed by atoms with E-state index in [1.54, 1.807) is 14.2 Å². The Morgan fingerprint density at radius 3 is 2.69 bits per heavy atom. The second-order valence-electron chi connectivity index (χ2n) is 8.39. The van der Waals surface area contributed by atoms with Crippen LogP contribution in [0.3, 0.4) is 0 Å². The van der Waals surface area contributed by atoms with E-state index in [0.717, 1.165) is 77.7 Å². The summed E-state index contributed by atoms with van der Waals surface area (Å²) in [6.45, 7) is 0.734. The van der Waals surface area contributed by atoms with Gasteiger partial charge in [-0.15, -0.1) is 0 Å². The molecular weight excluding hydrogens is 404 g/mol. The lowest BCUT2D eigenvalue weighted by molar-refractivity contribution is -0.123. The molecule has 0 fully saturated rings. The molecule has 32 heavy (non-hydrogen) atoms. The maximum absolute atomic E-state index is 13.3. The zero-order valence-electron chi connectivity index (χ0n) is 18.6. The Morgan fingerprint density at radius 1 is 1.06 bits per heavy atom. The number of hydrogen-bond acceptors (Lipinski definition) is 6. The summed E-state index contributed by atoms with van der Waals surface area (Å²) in [4.78, 5) is 18.2. The minimum atomic E-state index is -0.428. The molecule has 1 aliphatic heterocycles. The third kappa shape index (κ3) is 3.69. The number of fused-ring (bicyclic) bond motifs is 3. The van der Waals surface area contributed by atoms with Gasteiger partial charge in [0, 0.05) is 23.2 Å². The van der Waals surface area contributed by atoms with Crippen molar-refractivity contribution in [3.05, 3.63) is 58.8 Å². The van der Waals surface area contributed by atoms with E-state index in [4.69, 9.17) is 19.2 Å². The number of rotatable bonds is 6. The van der Waals surface area contributed by atoms with Crippen LogP contribution in [0.2, 0.25) is 0 Å². The number of ether oxygens (including phenoxy) is 3. The predicted molar refractivity (Wildman–Crippen MR) is 123 cm³/mol. The fraction of sp³-hybridized carbons (Fsp3) is 0.385. The summed E-state index contributed by atoms with van der Waals surface area (Å²) in [5.41, 5.74) is 5.23. The maximum Gasteiger partial charge on any atom is 0.191 e. The van der Waals surface area contributed by atoms with Crippen LogP contribution in [-0.2, 0) is 24.1 Å². The lowest BCUT2D eigenvalue weighted by atomic mass is 9.91. The van der Waals surface area contributed by atoms with Crippen molar-refractivity contribution in [2.24, 2.45) is 0 Å². The Hall–Kier alpha value is -3.12. The van der Waals surface area contributed by atoms with Gasteiger partial charge in [0.05, 0.1) is 25.8 Å². The van der Waals surface area contributed by atoms with Crippen LogP contribution in [0.25, 0.3) is 10.9 Å². The smallest absolute Gasteiger partial charge is 0.191 e. The first-order valence-electron chi connectivity index (χ1n) is 11.2. The number of nitrogens with zero attached hydrogens (tertiary/aromatic N) is 1. The average molecular weight is 433 g/mol. The number of Topliss-reactive ketones (excluding diaryl/α,β-unsaturated/α-hetero) is 1. The van der Waals surface area contributed by atoms with Crippen molar-refractivity contribution in [3.63, 3.8) is 0 Å². The SMILES string of the molecule is COc1cc2c(cc1OC)C(C(=O)COc1c3c(nc4ccccc14)CCCC3)NCC2. The Kier molecular flexibility index (Phi) is 5.70. The van der Waals surface area contributed by atoms with Gasteiger partial charge in [0.15, 0.2) is 17.3 Å². The molecular formula is C26H28N2O4. The number of aryl methyl sites for hydroxylation is 1. The zero-order chi connectivity index (χ0) is 22.1. The molecule has 2 aromatic carbocycles. The van der Waals surface area contributed by atoms with Crippen LogP contribution < -0.4 is 19.5 Å². The second kappa shape index (κ2) is 8.79. The van der Waals surface area contributed by atoms with Gasteiger partial charge in [0.25, 0.3) is 0 Å². The van der Waals surface area contributed by atoms with Crippen molar-refractivity contribution in [3.8, 4) is 17.2 Å². The molecule has 6 heteroatoms. The van der Waals surface area contributed by atoms with Gasteiger partial charge < -0.3 is 19.5 Å². The fourth-order valence-corrected chi connectivity index (χ4v) is 4.89. The topological polar surface area (TPSA) is 69.7 Å². The quantitative estimate of drug-likeness (QED) is 0.636. The molecule has 1 N–H and O–H groups in total. The van der Waals surface area contributed by atoms with Crippen LogP contribution in [0.5, 0.6) is 17.2 Å². The van der Waals surface area contributed by atoms with Crippen molar-refractivity contribution >= 4 is 16.7 Å². The first kappa shape index (κ1) is 20.8. The summed E-state index contributed by atoms with van der Waals surface area (Å²) >= 11 is 0. The summed E-state index contributed by atoms with van der Waals surface area (Å²) in [5.74, 6) is 2.14. The third-order valence-electron chi connectivity index (χ3n) is 6.50. The van der Waals surface area contributed by atoms with E-state index >= 15 is 0 Å². The van der Waals surface area contributed by atoms with E-state index in [1.165, 1.54) is 0 Å². The zero-order valence-corrected chi connectivity index (χ0v) is 18.6. The summed E-state index contributed by atoms with van der Waals surface area (Å²) in [6.07, 6.45) is 5.01. The second-order valence-corrected chi connectivity index (χ2v) is 8.39. The molecule has 1 aliphatic carbocycles. The maximum atomic E-state index is 13.3. The van der Waals surface area contributed by atoms with Gasteiger partial charge in [0.2, 0.25) is 0 Å². The first-order chi connectivity index (χ1) is 15.7. The monoisotopic (exact) mass is 432 g/mol. The highest BCUT2D eigenvalue weighted by atomic mass is 16.5. The standard InChI is InChI=1S/C26H28N2O4/c1-30-23-13-16-11-12-27-25(19(16)14-24(23)31-2)22(29)15-32-26-17-7-3-5-9-20(17)28-21-10-6-4-8-18(21)26/h3,5,7,9,13-14,25,27H,4,6,8,10-12,15H2,1-2H3. The van der Waals surface area contributed by atoms with Gasteiger partial charge in [-0.25, -0.2) is 0 Å². The number of pyridine rings is 1. The highest BCUT2D eigenvalue weighted by molar-refractivity contribution is 5.90. The molecule has 0 saturated heterocycles. The highest BCUT2D eigenvalue weighted by Crippen LogP contribution is 2.37. The summed E-state index contributed by atoms with van der Waals surface area (Å²) < 4.78 is 17.2. The third-order valence-corrected chi connectivity index (χ3v) is 6.50. The van der Waals surface area contributed by atoms with Crippen molar-refractivity contribution in [1.82, 2.24) is 10.3 Å². The number of para-hydroxylation sites is 1. The molecule has 1 atom stereocenters. The van der Waals surface area contributed by atoms with E-state index in [0.29, 0.717) is 11.5 Å². The van der Waals surface area contributed by atoms with Gasteiger partial charge in [0.1, 0.15) is 12.4 Å². The number of methoxy groups -OCH3 is 2. The van der Waals surface area contributed by atoms with E-state index in [1.807, 2.05) is 36.4 Å². The fourth-order valence-electron chi connectivity index (χ4n) is 4.89. The Morgan fingerprint density at radius 2 is 1.84 bits per heavy atom. The van der Waals surface area contributed by atoms with Crippen molar-refractivity contribution in [1.29, 1.82) is 0 Å². The molecule has 1 aromatic heterocycles. The largest absolute Gasteiger partial charge is 0.493 e. The summed E-state index contributed by atoms with van der Waals surface area (Å²) in [7, 11) is 3.24. The number of benzene rings is 2. The van der Waals surface area contributed by atoms with E-state index in [9.17, 15) is 4.79 Å². The summed E-state index contributed by atoms with van der Waals surface area (Å²) in [5, 5.41) is 4.34. The van der Waals surface area contributed by atoms with E-state index in [2.05, 4.69) is 5.32 Å². The minimum Gasteiger partial charge on any atom is -0.493 e. The molecule has 6 nitrogen and oxygen atoms in total. The molecule has 0 bridgehead atoms. The van der Waals surface area contributed by atoms with Crippen LogP contribution in [0.1, 0.15) is 41.3 Å². The molecule has 3 aromatic rings. The average Bonchev–Trinajstić information content (AvgIpc) is 2.85. The summed E-state index contributed by atoms with van der Waals surface area (Å²) in [6, 6.07) is 11.5. The Bertz CT molecular complexity index is 1170. The predicted octanol–water partition coefficient (Wildman–Crippen LogP) is 3.97. The van der Waals surface area contributed by atoms with E-state index < -0.39 is 6.04 Å². The molecule has 2 heterocycles. The van der Waals surface area contributed by atoms with Crippen LogP contribution in [0.4, 0.5) is 0 Å². The van der Waals surface area contributed by atoms with Crippen LogP contribution in [0.15, 0.2) is 36.4 Å². The van der Waals surface area contributed by atoms with Gasteiger partial charge in [-0.1, -0.05) is 12.1 Å². The van der Waals surface area contributed by atoms with Crippen molar-refractivity contribution in [2.75, 3.05) is 27.4 Å². The molecule has 2 aliphatic rings. The number of hydrogen-bond donors (Lipinski definition) is 1. The van der Waals surface area contributed by atoms with Gasteiger partial charge in [-0.2, -0.15) is 0 Å². The van der Waals surface area contributed by atoms with E-state index in [-0.39, 0.29) is 12.4 Å². The highest BCUT2D eigenvalue weighted by Gasteiger charge is 2.29. The molecule has 1 unspecified atom stereocenters. The lowest BCUT2D eigenvalue weighted by Crippen LogP contribution is -2.37. The number of carbonyl (C=O) groups is 1. The number of ketones is 1. The lowest BCUT2D eigenvalue weighted by Gasteiger charge is -2.27. The molecule has 0 saturated carbocycles. The number of carbonyl (C=O) groups excluding carboxylic acids is 1. The normalized spacial score (nSPS) is 17.4. The molecule has 0 amide bonds. The van der Waals surface area contributed by atoms with Gasteiger partial charge in [-0.3, -0.25) is 9.78 Å². The Labute approximate surface area is 187 Å². The molecule has 166 valence electrons. The minimum absolute atomic E-state index is 0.00335. The van der Waals surface area contributed by atoms with Gasteiger partial charge >= 0.3 is 0 Å². The first-order valence-corrected chi connectivity index (χ1v) is 11.2. The molecule has 0 radical (unpaired) electrons. The molecule has 5 rings (SSSR count). The van der Waals surface area contributed by atoms with Crippen LogP contribution in [0, 0.1) is 0 Å². The number of aromatic nitrogens is 1. The van der Waals surface area contributed by atoms with Crippen LogP contribution in [-0.4, -0.2) is 38.1 Å². The van der Waals surface area contributed by atoms with Gasteiger partial charge in [-0.05, 0) is 67.5 Å². The molecule has 0 spiro atoms. The van der Waals surface area contributed by atoms with Crippen LogP contribution >= 0.6 is 0 Å². The van der Waals surface area contributed by atoms with Crippen molar-refractivity contribution < 1.29 is 19.0 Å². The van der Waals surface area contributed by atoms with Crippen molar-refractivity contribution in [2.45, 2.75) is 38.1 Å². The Balaban J connectivity index is 1.44.